The van der Waals surface area contributed by atoms with Crippen molar-refractivity contribution in [2.24, 2.45) is 10.9 Å². The topological polar surface area (TPSA) is 12.4 Å². The monoisotopic (exact) mass is 141 g/mol. The molecule has 2 unspecified atom stereocenters. The van der Waals surface area contributed by atoms with Crippen molar-refractivity contribution in [3.8, 4) is 0 Å². The Bertz CT molecular complexity index is 153. The SMILES string of the molecule is CSC1=NC2CCC1C2. The van der Waals surface area contributed by atoms with E-state index in [0.717, 1.165) is 12.0 Å². The van der Waals surface area contributed by atoms with Gasteiger partial charge in [0, 0.05) is 5.92 Å². The summed E-state index contributed by atoms with van der Waals surface area (Å²) in [5, 5.41) is 1.42. The van der Waals surface area contributed by atoms with Crippen LogP contribution in [0.2, 0.25) is 0 Å². The number of nitrogens with zero attached hydrogens (tertiary/aromatic N) is 1. The van der Waals surface area contributed by atoms with Crippen molar-refractivity contribution in [2.75, 3.05) is 6.26 Å². The van der Waals surface area contributed by atoms with E-state index in [9.17, 15) is 0 Å². The smallest absolute Gasteiger partial charge is 0.0708 e. The highest BCUT2D eigenvalue weighted by Gasteiger charge is 2.33. The lowest BCUT2D eigenvalue weighted by atomic mass is 10.1. The number of rotatable bonds is 0. The second-order valence-corrected chi connectivity index (χ2v) is 3.66. The normalized spacial score (nSPS) is 39.4. The van der Waals surface area contributed by atoms with Crippen LogP contribution in [0.4, 0.5) is 0 Å². The van der Waals surface area contributed by atoms with Crippen LogP contribution >= 0.6 is 11.8 Å². The number of hydrogen-bond donors (Lipinski definition) is 0. The summed E-state index contributed by atoms with van der Waals surface area (Å²) < 4.78 is 0. The van der Waals surface area contributed by atoms with Gasteiger partial charge in [-0.3, -0.25) is 4.99 Å². The van der Waals surface area contributed by atoms with Crippen molar-refractivity contribution in [1.82, 2.24) is 0 Å². The van der Waals surface area contributed by atoms with Gasteiger partial charge in [0.25, 0.3) is 0 Å². The predicted octanol–water partition coefficient (Wildman–Crippen LogP) is 1.93. The molecule has 0 radical (unpaired) electrons. The molecular formula is C7H11NS. The number of aliphatic imine (C=N–C) groups is 1. The van der Waals surface area contributed by atoms with Gasteiger partial charge in [-0.25, -0.2) is 0 Å². The summed E-state index contributed by atoms with van der Waals surface area (Å²) in [5.41, 5.74) is 0. The van der Waals surface area contributed by atoms with Gasteiger partial charge in [0.1, 0.15) is 0 Å². The molecule has 1 fully saturated rings. The summed E-state index contributed by atoms with van der Waals surface area (Å²) in [5.74, 6) is 0.866. The van der Waals surface area contributed by atoms with E-state index in [4.69, 9.17) is 0 Å². The third kappa shape index (κ3) is 0.803. The molecular weight excluding hydrogens is 130 g/mol. The van der Waals surface area contributed by atoms with Gasteiger partial charge in [-0.1, -0.05) is 0 Å². The van der Waals surface area contributed by atoms with Crippen LogP contribution in [-0.2, 0) is 0 Å². The van der Waals surface area contributed by atoms with E-state index in [2.05, 4.69) is 11.2 Å². The Morgan fingerprint density at radius 3 is 2.78 bits per heavy atom. The number of hydrogen-bond acceptors (Lipinski definition) is 2. The van der Waals surface area contributed by atoms with Gasteiger partial charge in [0.05, 0.1) is 11.1 Å². The minimum Gasteiger partial charge on any atom is -0.279 e. The first kappa shape index (κ1) is 5.78. The van der Waals surface area contributed by atoms with Crippen molar-refractivity contribution >= 4 is 16.8 Å². The first-order valence-electron chi connectivity index (χ1n) is 3.52. The van der Waals surface area contributed by atoms with E-state index < -0.39 is 0 Å². The molecule has 0 spiro atoms. The van der Waals surface area contributed by atoms with Crippen LogP contribution in [0, 0.1) is 5.92 Å². The van der Waals surface area contributed by atoms with Gasteiger partial charge in [0.15, 0.2) is 0 Å². The van der Waals surface area contributed by atoms with E-state index in [1.54, 1.807) is 0 Å². The maximum atomic E-state index is 4.55. The second-order valence-electron chi connectivity index (χ2n) is 2.84. The Labute approximate surface area is 59.9 Å². The van der Waals surface area contributed by atoms with Crippen LogP contribution < -0.4 is 0 Å². The molecule has 0 amide bonds. The molecule has 9 heavy (non-hydrogen) atoms. The molecule has 0 aromatic rings. The number of fused-ring (bicyclic) bond motifs is 2. The quantitative estimate of drug-likeness (QED) is 0.502. The Hall–Kier alpha value is 0.0200. The molecule has 0 saturated heterocycles. The van der Waals surface area contributed by atoms with E-state index in [-0.39, 0.29) is 0 Å². The molecule has 2 rings (SSSR count). The van der Waals surface area contributed by atoms with Gasteiger partial charge >= 0.3 is 0 Å². The summed E-state index contributed by atoms with van der Waals surface area (Å²) in [6.07, 6.45) is 6.26. The molecule has 50 valence electrons. The van der Waals surface area contributed by atoms with Crippen LogP contribution in [0.5, 0.6) is 0 Å². The standard InChI is InChI=1S/C7H11NS/c1-9-7-5-2-3-6(4-5)8-7/h5-6H,2-4H2,1H3. The van der Waals surface area contributed by atoms with Gasteiger partial charge < -0.3 is 0 Å². The van der Waals surface area contributed by atoms with Crippen molar-refractivity contribution in [2.45, 2.75) is 25.3 Å². The molecule has 0 N–H and O–H groups in total. The minimum absolute atomic E-state index is 0.720. The fourth-order valence-electron chi connectivity index (χ4n) is 1.80. The Kier molecular flexibility index (Phi) is 1.29. The lowest BCUT2D eigenvalue weighted by molar-refractivity contribution is 0.721. The van der Waals surface area contributed by atoms with Gasteiger partial charge in [-0.2, -0.15) is 0 Å². The Balaban J connectivity index is 2.18. The molecule has 2 aliphatic rings. The average Bonchev–Trinajstić information content (AvgIpc) is 2.45. The Morgan fingerprint density at radius 1 is 1.56 bits per heavy atom. The van der Waals surface area contributed by atoms with Crippen molar-refractivity contribution in [3.05, 3.63) is 0 Å². The first-order chi connectivity index (χ1) is 4.40. The second kappa shape index (κ2) is 2.01. The lowest BCUT2D eigenvalue weighted by Gasteiger charge is -2.07. The van der Waals surface area contributed by atoms with E-state index in [1.165, 1.54) is 24.3 Å². The summed E-state index contributed by atoms with van der Waals surface area (Å²) >= 11 is 1.85. The summed E-state index contributed by atoms with van der Waals surface area (Å²) in [4.78, 5) is 4.55. The van der Waals surface area contributed by atoms with Crippen molar-refractivity contribution in [3.63, 3.8) is 0 Å². The summed E-state index contributed by atoms with van der Waals surface area (Å²) in [6, 6.07) is 0.720. The van der Waals surface area contributed by atoms with E-state index in [0.29, 0.717) is 0 Å². The van der Waals surface area contributed by atoms with Gasteiger partial charge in [-0.05, 0) is 25.5 Å². The maximum Gasteiger partial charge on any atom is 0.0708 e. The van der Waals surface area contributed by atoms with Gasteiger partial charge in [0.2, 0.25) is 0 Å². The summed E-state index contributed by atoms with van der Waals surface area (Å²) in [7, 11) is 0. The molecule has 0 aromatic heterocycles. The molecule has 2 bridgehead atoms. The molecule has 1 aliphatic carbocycles. The molecule has 1 saturated carbocycles. The molecule has 1 aliphatic heterocycles. The predicted molar refractivity (Wildman–Crippen MR) is 42.1 cm³/mol. The third-order valence-electron chi connectivity index (χ3n) is 2.27. The minimum atomic E-state index is 0.720. The zero-order valence-corrected chi connectivity index (χ0v) is 6.45. The largest absolute Gasteiger partial charge is 0.279 e. The van der Waals surface area contributed by atoms with E-state index >= 15 is 0 Å². The van der Waals surface area contributed by atoms with Crippen LogP contribution in [0.3, 0.4) is 0 Å². The summed E-state index contributed by atoms with van der Waals surface area (Å²) in [6.45, 7) is 0. The highest BCUT2D eigenvalue weighted by Crippen LogP contribution is 2.38. The highest BCUT2D eigenvalue weighted by molar-refractivity contribution is 8.13. The van der Waals surface area contributed by atoms with Crippen LogP contribution in [0.25, 0.3) is 0 Å². The van der Waals surface area contributed by atoms with Gasteiger partial charge in [-0.15, -0.1) is 11.8 Å². The molecule has 2 heteroatoms. The lowest BCUT2D eigenvalue weighted by Crippen LogP contribution is -2.03. The Morgan fingerprint density at radius 2 is 2.44 bits per heavy atom. The van der Waals surface area contributed by atoms with Crippen molar-refractivity contribution < 1.29 is 0 Å². The molecule has 0 aromatic carbocycles. The van der Waals surface area contributed by atoms with E-state index in [1.807, 2.05) is 11.8 Å². The fraction of sp³-hybridized carbons (Fsp3) is 0.857. The maximum absolute atomic E-state index is 4.55. The zero-order valence-electron chi connectivity index (χ0n) is 5.63. The molecule has 1 nitrogen and oxygen atoms in total. The highest BCUT2D eigenvalue weighted by atomic mass is 32.2. The van der Waals surface area contributed by atoms with Crippen LogP contribution in [0.15, 0.2) is 4.99 Å². The number of thioether (sulfide) groups is 1. The van der Waals surface area contributed by atoms with Crippen LogP contribution in [-0.4, -0.2) is 17.3 Å². The van der Waals surface area contributed by atoms with Crippen LogP contribution in [0.1, 0.15) is 19.3 Å². The van der Waals surface area contributed by atoms with Crippen molar-refractivity contribution in [1.29, 1.82) is 0 Å². The fourth-order valence-corrected chi connectivity index (χ4v) is 2.61. The third-order valence-corrected chi connectivity index (χ3v) is 3.13. The molecule has 1 heterocycles. The zero-order chi connectivity index (χ0) is 6.27. The molecule has 2 atom stereocenters. The average molecular weight is 141 g/mol. The first-order valence-corrected chi connectivity index (χ1v) is 4.74.